The van der Waals surface area contributed by atoms with E-state index in [9.17, 15) is 0 Å². The van der Waals surface area contributed by atoms with Crippen molar-refractivity contribution in [1.29, 1.82) is 0 Å². The predicted octanol–water partition coefficient (Wildman–Crippen LogP) is 3.48. The Morgan fingerprint density at radius 3 is 2.61 bits per heavy atom. The Morgan fingerprint density at radius 1 is 1.39 bits per heavy atom. The summed E-state index contributed by atoms with van der Waals surface area (Å²) in [5, 5.41) is 8.73. The number of nitrogens with zero attached hydrogens (tertiary/aromatic N) is 2. The SMILES string of the molecule is CCCNC(CC)CCCc1c(C)nn(C)c1Cl. The number of rotatable bonds is 8. The van der Waals surface area contributed by atoms with Crippen LogP contribution in [-0.4, -0.2) is 22.4 Å². The van der Waals surface area contributed by atoms with Gasteiger partial charge in [-0.15, -0.1) is 0 Å². The first-order valence-corrected chi connectivity index (χ1v) is 7.39. The minimum atomic E-state index is 0.640. The van der Waals surface area contributed by atoms with E-state index in [-0.39, 0.29) is 0 Å². The maximum absolute atomic E-state index is 6.23. The molecule has 0 radical (unpaired) electrons. The minimum absolute atomic E-state index is 0.640. The van der Waals surface area contributed by atoms with Crippen LogP contribution in [0, 0.1) is 6.92 Å². The average Bonchev–Trinajstić information content (AvgIpc) is 2.59. The minimum Gasteiger partial charge on any atom is -0.314 e. The summed E-state index contributed by atoms with van der Waals surface area (Å²) in [6, 6.07) is 0.640. The maximum Gasteiger partial charge on any atom is 0.130 e. The third-order valence-corrected chi connectivity index (χ3v) is 3.90. The molecule has 1 unspecified atom stereocenters. The Hall–Kier alpha value is -0.540. The van der Waals surface area contributed by atoms with Gasteiger partial charge in [-0.1, -0.05) is 25.4 Å². The number of aryl methyl sites for hydroxylation is 2. The molecule has 1 N–H and O–H groups in total. The lowest BCUT2D eigenvalue weighted by Crippen LogP contribution is -2.29. The highest BCUT2D eigenvalue weighted by Crippen LogP contribution is 2.21. The summed E-state index contributed by atoms with van der Waals surface area (Å²) in [5.74, 6) is 0. The number of nitrogens with one attached hydrogen (secondary N) is 1. The van der Waals surface area contributed by atoms with Gasteiger partial charge in [0.2, 0.25) is 0 Å². The van der Waals surface area contributed by atoms with Crippen molar-refractivity contribution in [3.63, 3.8) is 0 Å². The van der Waals surface area contributed by atoms with E-state index in [1.807, 2.05) is 14.0 Å². The highest BCUT2D eigenvalue weighted by atomic mass is 35.5. The van der Waals surface area contributed by atoms with E-state index >= 15 is 0 Å². The van der Waals surface area contributed by atoms with Crippen LogP contribution in [0.2, 0.25) is 5.15 Å². The van der Waals surface area contributed by atoms with Crippen molar-refractivity contribution >= 4 is 11.6 Å². The van der Waals surface area contributed by atoms with Gasteiger partial charge < -0.3 is 5.32 Å². The Kier molecular flexibility index (Phi) is 6.72. The summed E-state index contributed by atoms with van der Waals surface area (Å²) in [4.78, 5) is 0. The van der Waals surface area contributed by atoms with Gasteiger partial charge in [0, 0.05) is 18.7 Å². The summed E-state index contributed by atoms with van der Waals surface area (Å²) < 4.78 is 1.76. The summed E-state index contributed by atoms with van der Waals surface area (Å²) in [5.41, 5.74) is 2.28. The molecule has 0 aromatic carbocycles. The van der Waals surface area contributed by atoms with Gasteiger partial charge in [0.15, 0.2) is 0 Å². The predicted molar refractivity (Wildman–Crippen MR) is 78.3 cm³/mol. The van der Waals surface area contributed by atoms with Crippen LogP contribution in [-0.2, 0) is 13.5 Å². The molecule has 1 aromatic rings. The number of halogens is 1. The zero-order chi connectivity index (χ0) is 13.5. The van der Waals surface area contributed by atoms with Gasteiger partial charge in [0.1, 0.15) is 5.15 Å². The normalized spacial score (nSPS) is 12.9. The Bertz CT molecular complexity index is 360. The Labute approximate surface area is 116 Å². The fourth-order valence-electron chi connectivity index (χ4n) is 2.28. The van der Waals surface area contributed by atoms with Crippen LogP contribution in [0.4, 0.5) is 0 Å². The van der Waals surface area contributed by atoms with Crippen molar-refractivity contribution in [2.24, 2.45) is 7.05 Å². The van der Waals surface area contributed by atoms with E-state index in [0.717, 1.165) is 23.8 Å². The van der Waals surface area contributed by atoms with Crippen LogP contribution in [0.15, 0.2) is 0 Å². The monoisotopic (exact) mass is 271 g/mol. The van der Waals surface area contributed by atoms with Crippen LogP contribution in [0.3, 0.4) is 0 Å². The molecule has 0 saturated carbocycles. The van der Waals surface area contributed by atoms with Crippen LogP contribution in [0.1, 0.15) is 50.8 Å². The van der Waals surface area contributed by atoms with E-state index in [0.29, 0.717) is 6.04 Å². The molecular formula is C14H26ClN3. The van der Waals surface area contributed by atoms with Gasteiger partial charge in [-0.25, -0.2) is 0 Å². The van der Waals surface area contributed by atoms with E-state index in [1.54, 1.807) is 4.68 Å². The third kappa shape index (κ3) is 4.29. The maximum atomic E-state index is 6.23. The number of hydrogen-bond acceptors (Lipinski definition) is 2. The molecule has 4 heteroatoms. The molecule has 0 saturated heterocycles. The lowest BCUT2D eigenvalue weighted by Gasteiger charge is -2.16. The van der Waals surface area contributed by atoms with Gasteiger partial charge in [-0.3, -0.25) is 4.68 Å². The van der Waals surface area contributed by atoms with Gasteiger partial charge in [0.05, 0.1) is 5.69 Å². The first kappa shape index (κ1) is 15.5. The summed E-state index contributed by atoms with van der Waals surface area (Å²) >= 11 is 6.23. The molecule has 0 spiro atoms. The van der Waals surface area contributed by atoms with Crippen molar-refractivity contribution in [2.45, 2.75) is 58.9 Å². The Morgan fingerprint density at radius 2 is 2.11 bits per heavy atom. The molecule has 0 amide bonds. The molecule has 18 heavy (non-hydrogen) atoms. The molecule has 0 aliphatic rings. The molecule has 104 valence electrons. The fraction of sp³-hybridized carbons (Fsp3) is 0.786. The van der Waals surface area contributed by atoms with Crippen molar-refractivity contribution in [3.05, 3.63) is 16.4 Å². The average molecular weight is 272 g/mol. The van der Waals surface area contributed by atoms with E-state index in [1.165, 1.54) is 31.2 Å². The van der Waals surface area contributed by atoms with Gasteiger partial charge in [-0.2, -0.15) is 5.10 Å². The first-order valence-electron chi connectivity index (χ1n) is 7.01. The van der Waals surface area contributed by atoms with Crippen LogP contribution in [0.5, 0.6) is 0 Å². The second-order valence-corrected chi connectivity index (χ2v) is 5.29. The highest BCUT2D eigenvalue weighted by Gasteiger charge is 2.12. The van der Waals surface area contributed by atoms with Gasteiger partial charge in [-0.05, 0) is 45.6 Å². The standard InChI is InChI=1S/C14H26ClN3/c1-5-10-16-12(6-2)8-7-9-13-11(3)17-18(4)14(13)15/h12,16H,5-10H2,1-4H3. The quantitative estimate of drug-likeness (QED) is 0.784. The third-order valence-electron chi connectivity index (χ3n) is 3.43. The summed E-state index contributed by atoms with van der Waals surface area (Å²) in [7, 11) is 1.90. The van der Waals surface area contributed by atoms with Crippen LogP contribution >= 0.6 is 11.6 Å². The second-order valence-electron chi connectivity index (χ2n) is 4.93. The second kappa shape index (κ2) is 7.80. The van der Waals surface area contributed by atoms with Crippen LogP contribution in [0.25, 0.3) is 0 Å². The summed E-state index contributed by atoms with van der Waals surface area (Å²) in [6.07, 6.45) is 5.80. The van der Waals surface area contributed by atoms with Crippen molar-refractivity contribution in [1.82, 2.24) is 15.1 Å². The van der Waals surface area contributed by atoms with Crippen molar-refractivity contribution in [2.75, 3.05) is 6.54 Å². The molecule has 0 fully saturated rings. The lowest BCUT2D eigenvalue weighted by atomic mass is 10.0. The van der Waals surface area contributed by atoms with Gasteiger partial charge >= 0.3 is 0 Å². The fourth-order valence-corrected chi connectivity index (χ4v) is 2.55. The van der Waals surface area contributed by atoms with Crippen LogP contribution < -0.4 is 5.32 Å². The van der Waals surface area contributed by atoms with Gasteiger partial charge in [0.25, 0.3) is 0 Å². The van der Waals surface area contributed by atoms with E-state index in [4.69, 9.17) is 11.6 Å². The molecule has 0 bridgehead atoms. The first-order chi connectivity index (χ1) is 8.60. The smallest absolute Gasteiger partial charge is 0.130 e. The molecule has 1 rings (SSSR count). The zero-order valence-electron chi connectivity index (χ0n) is 12.1. The van der Waals surface area contributed by atoms with E-state index in [2.05, 4.69) is 24.3 Å². The number of hydrogen-bond donors (Lipinski definition) is 1. The zero-order valence-corrected chi connectivity index (χ0v) is 12.8. The largest absolute Gasteiger partial charge is 0.314 e. The topological polar surface area (TPSA) is 29.9 Å². The lowest BCUT2D eigenvalue weighted by molar-refractivity contribution is 0.455. The molecule has 3 nitrogen and oxygen atoms in total. The molecular weight excluding hydrogens is 246 g/mol. The molecule has 1 heterocycles. The molecule has 0 aliphatic carbocycles. The highest BCUT2D eigenvalue weighted by molar-refractivity contribution is 6.30. The molecule has 1 aromatic heterocycles. The summed E-state index contributed by atoms with van der Waals surface area (Å²) in [6.45, 7) is 7.60. The Balaban J connectivity index is 2.40. The number of aromatic nitrogens is 2. The van der Waals surface area contributed by atoms with E-state index < -0.39 is 0 Å². The van der Waals surface area contributed by atoms with Crippen molar-refractivity contribution < 1.29 is 0 Å². The molecule has 0 aliphatic heterocycles. The van der Waals surface area contributed by atoms with Crippen molar-refractivity contribution in [3.8, 4) is 0 Å². The molecule has 1 atom stereocenters.